The topological polar surface area (TPSA) is 109 Å². The molecule has 0 spiro atoms. The van der Waals surface area contributed by atoms with Gasteiger partial charge in [0.25, 0.3) is 5.91 Å². The lowest BCUT2D eigenvalue weighted by Gasteiger charge is -2.24. The Bertz CT molecular complexity index is 706. The minimum atomic E-state index is -1.17. The van der Waals surface area contributed by atoms with Crippen LogP contribution in [0.3, 0.4) is 0 Å². The highest BCUT2D eigenvalue weighted by Gasteiger charge is 2.20. The molecule has 0 aliphatic heterocycles. The van der Waals surface area contributed by atoms with Crippen molar-refractivity contribution in [3.63, 3.8) is 0 Å². The largest absolute Gasteiger partial charge is 0.492 e. The second kappa shape index (κ2) is 12.3. The van der Waals surface area contributed by atoms with Crippen molar-refractivity contribution in [2.75, 3.05) is 39.5 Å². The number of ether oxygens (including phenoxy) is 3. The molecule has 0 aliphatic rings. The van der Waals surface area contributed by atoms with Gasteiger partial charge in [0.15, 0.2) is 6.61 Å². The number of aliphatic hydroxyl groups excluding tert-OH is 1. The normalized spacial score (nSPS) is 12.8. The molecule has 0 fully saturated rings. The molecule has 1 atom stereocenters. The Morgan fingerprint density at radius 3 is 2.45 bits per heavy atom. The van der Waals surface area contributed by atoms with Crippen LogP contribution < -0.4 is 24.8 Å². The predicted molar refractivity (Wildman–Crippen MR) is 111 cm³/mol. The average Bonchev–Trinajstić information content (AvgIpc) is 3.23. The lowest BCUT2D eigenvalue weighted by molar-refractivity contribution is -0.123. The van der Waals surface area contributed by atoms with Gasteiger partial charge in [-0.15, -0.1) is 11.3 Å². The van der Waals surface area contributed by atoms with E-state index in [2.05, 4.69) is 10.6 Å². The highest BCUT2D eigenvalue weighted by atomic mass is 32.1. The molecular formula is C20H28N2O6S. The second-order valence-electron chi connectivity index (χ2n) is 6.48. The molecule has 4 N–H and O–H groups in total. The van der Waals surface area contributed by atoms with Gasteiger partial charge in [0, 0.05) is 25.1 Å². The average molecular weight is 425 g/mol. The van der Waals surface area contributed by atoms with E-state index in [4.69, 9.17) is 19.3 Å². The summed E-state index contributed by atoms with van der Waals surface area (Å²) in [5.41, 5.74) is -1.17. The van der Waals surface area contributed by atoms with Crippen LogP contribution >= 0.6 is 11.3 Å². The highest BCUT2D eigenvalue weighted by molar-refractivity contribution is 7.08. The maximum atomic E-state index is 11.5. The standard InChI is InChI=1S/C20H28N2O6S/c1-20(25,15-28-18-7-12-29-14-18)22-9-11-26-16-3-5-17(6-4-16)27-13-19(24)21-8-2-10-23/h3-7,12,14,22-23,25H,2,8-11,13,15H2,1H3,(H,21,24). The lowest BCUT2D eigenvalue weighted by atomic mass is 10.3. The number of carbonyl (C=O) groups excluding carboxylic acids is 1. The van der Waals surface area contributed by atoms with E-state index in [0.29, 0.717) is 37.6 Å². The van der Waals surface area contributed by atoms with Crippen molar-refractivity contribution >= 4 is 17.2 Å². The van der Waals surface area contributed by atoms with E-state index in [1.807, 2.05) is 16.8 Å². The van der Waals surface area contributed by atoms with Crippen LogP contribution in [-0.4, -0.2) is 61.4 Å². The van der Waals surface area contributed by atoms with E-state index in [1.54, 1.807) is 31.2 Å². The van der Waals surface area contributed by atoms with Crippen LogP contribution in [0, 0.1) is 0 Å². The number of nitrogens with one attached hydrogen (secondary N) is 2. The first kappa shape index (κ1) is 23.0. The zero-order chi connectivity index (χ0) is 21.0. The van der Waals surface area contributed by atoms with Crippen molar-refractivity contribution < 1.29 is 29.2 Å². The van der Waals surface area contributed by atoms with Crippen LogP contribution in [0.4, 0.5) is 0 Å². The molecule has 29 heavy (non-hydrogen) atoms. The van der Waals surface area contributed by atoms with E-state index >= 15 is 0 Å². The first-order valence-corrected chi connectivity index (χ1v) is 10.3. The Morgan fingerprint density at radius 1 is 1.07 bits per heavy atom. The highest BCUT2D eigenvalue weighted by Crippen LogP contribution is 2.18. The number of carbonyl (C=O) groups is 1. The fraction of sp³-hybridized carbons (Fsp3) is 0.450. The molecule has 0 bridgehead atoms. The molecule has 1 amide bonds. The van der Waals surface area contributed by atoms with Crippen LogP contribution in [0.5, 0.6) is 17.2 Å². The summed E-state index contributed by atoms with van der Waals surface area (Å²) < 4.78 is 16.5. The maximum Gasteiger partial charge on any atom is 0.257 e. The van der Waals surface area contributed by atoms with E-state index in [-0.39, 0.29) is 25.7 Å². The zero-order valence-corrected chi connectivity index (χ0v) is 17.2. The van der Waals surface area contributed by atoms with Crippen LogP contribution in [0.2, 0.25) is 0 Å². The van der Waals surface area contributed by atoms with E-state index in [1.165, 1.54) is 11.3 Å². The van der Waals surface area contributed by atoms with Gasteiger partial charge in [-0.3, -0.25) is 10.1 Å². The minimum absolute atomic E-state index is 0.0402. The van der Waals surface area contributed by atoms with Gasteiger partial charge in [-0.25, -0.2) is 0 Å². The van der Waals surface area contributed by atoms with Crippen molar-refractivity contribution in [3.8, 4) is 17.2 Å². The monoisotopic (exact) mass is 424 g/mol. The second-order valence-corrected chi connectivity index (χ2v) is 7.26. The molecule has 1 aromatic carbocycles. The van der Waals surface area contributed by atoms with Crippen LogP contribution in [-0.2, 0) is 4.79 Å². The molecule has 160 valence electrons. The van der Waals surface area contributed by atoms with Gasteiger partial charge in [-0.05, 0) is 49.1 Å². The summed E-state index contributed by atoms with van der Waals surface area (Å²) in [7, 11) is 0. The Balaban J connectivity index is 1.61. The molecule has 1 unspecified atom stereocenters. The van der Waals surface area contributed by atoms with Gasteiger partial charge < -0.3 is 29.7 Å². The van der Waals surface area contributed by atoms with E-state index in [9.17, 15) is 9.90 Å². The zero-order valence-electron chi connectivity index (χ0n) is 16.4. The van der Waals surface area contributed by atoms with Crippen molar-refractivity contribution in [2.24, 2.45) is 0 Å². The Hall–Kier alpha value is -2.33. The number of hydrogen-bond donors (Lipinski definition) is 4. The third-order valence-corrected chi connectivity index (χ3v) is 4.40. The quantitative estimate of drug-likeness (QED) is 0.268. The van der Waals surface area contributed by atoms with Gasteiger partial charge in [-0.2, -0.15) is 0 Å². The summed E-state index contributed by atoms with van der Waals surface area (Å²) in [5, 5.41) is 28.4. The summed E-state index contributed by atoms with van der Waals surface area (Å²) in [4.78, 5) is 11.5. The molecular weight excluding hydrogens is 396 g/mol. The Kier molecular flexibility index (Phi) is 9.72. The SMILES string of the molecule is CC(O)(COc1ccsc1)NCCOc1ccc(OCC(=O)NCCCO)cc1. The minimum Gasteiger partial charge on any atom is -0.492 e. The van der Waals surface area contributed by atoms with Crippen molar-refractivity contribution in [1.82, 2.24) is 10.6 Å². The summed E-state index contributed by atoms with van der Waals surface area (Å²) in [6.45, 7) is 2.95. The van der Waals surface area contributed by atoms with E-state index < -0.39 is 5.72 Å². The number of hydrogen-bond acceptors (Lipinski definition) is 8. The Morgan fingerprint density at radius 2 is 1.79 bits per heavy atom. The first-order chi connectivity index (χ1) is 14.0. The third-order valence-electron chi connectivity index (χ3n) is 3.74. The van der Waals surface area contributed by atoms with Gasteiger partial charge in [0.05, 0.1) is 0 Å². The number of amides is 1. The predicted octanol–water partition coefficient (Wildman–Crippen LogP) is 1.38. The van der Waals surface area contributed by atoms with Crippen LogP contribution in [0.15, 0.2) is 41.1 Å². The van der Waals surface area contributed by atoms with Gasteiger partial charge in [0.1, 0.15) is 36.2 Å². The first-order valence-electron chi connectivity index (χ1n) is 9.34. The number of benzene rings is 1. The molecule has 0 saturated carbocycles. The fourth-order valence-corrected chi connectivity index (χ4v) is 2.81. The van der Waals surface area contributed by atoms with Crippen molar-refractivity contribution in [2.45, 2.75) is 19.1 Å². The summed E-state index contributed by atoms with van der Waals surface area (Å²) in [5.74, 6) is 1.71. The van der Waals surface area contributed by atoms with Crippen molar-refractivity contribution in [3.05, 3.63) is 41.1 Å². The number of rotatable bonds is 14. The molecule has 9 heteroatoms. The molecule has 2 aromatic rings. The van der Waals surface area contributed by atoms with Gasteiger partial charge in [-0.1, -0.05) is 0 Å². The summed E-state index contributed by atoms with van der Waals surface area (Å²) in [6, 6.07) is 8.78. The molecule has 0 radical (unpaired) electrons. The number of aliphatic hydroxyl groups is 2. The molecule has 1 aromatic heterocycles. The smallest absolute Gasteiger partial charge is 0.257 e. The fourth-order valence-electron chi connectivity index (χ4n) is 2.24. The summed E-state index contributed by atoms with van der Waals surface area (Å²) in [6.07, 6.45) is 0.518. The molecule has 8 nitrogen and oxygen atoms in total. The van der Waals surface area contributed by atoms with Crippen LogP contribution in [0.1, 0.15) is 13.3 Å². The molecule has 0 aliphatic carbocycles. The summed E-state index contributed by atoms with van der Waals surface area (Å²) >= 11 is 1.53. The maximum absolute atomic E-state index is 11.5. The Labute approximate surface area is 174 Å². The van der Waals surface area contributed by atoms with Crippen LogP contribution in [0.25, 0.3) is 0 Å². The molecule has 2 rings (SSSR count). The van der Waals surface area contributed by atoms with Crippen molar-refractivity contribution in [1.29, 1.82) is 0 Å². The molecule has 0 saturated heterocycles. The third kappa shape index (κ3) is 9.62. The van der Waals surface area contributed by atoms with E-state index in [0.717, 1.165) is 5.75 Å². The molecule has 1 heterocycles. The lowest BCUT2D eigenvalue weighted by Crippen LogP contribution is -2.48. The number of thiophene rings is 1. The van der Waals surface area contributed by atoms with Gasteiger partial charge in [0.2, 0.25) is 0 Å². The van der Waals surface area contributed by atoms with Gasteiger partial charge >= 0.3 is 0 Å².